The van der Waals surface area contributed by atoms with Gasteiger partial charge in [-0.15, -0.1) is 0 Å². The van der Waals surface area contributed by atoms with E-state index >= 15 is 0 Å². The highest BCUT2D eigenvalue weighted by atomic mass is 16.5. The van der Waals surface area contributed by atoms with E-state index in [4.69, 9.17) is 9.47 Å². The van der Waals surface area contributed by atoms with Gasteiger partial charge in [0, 0.05) is 6.61 Å². The molecule has 9 heavy (non-hydrogen) atoms. The molecule has 0 bridgehead atoms. The van der Waals surface area contributed by atoms with Crippen LogP contribution in [0.25, 0.3) is 0 Å². The van der Waals surface area contributed by atoms with Gasteiger partial charge in [-0.2, -0.15) is 0 Å². The molecular formula is C7H13O2. The van der Waals surface area contributed by atoms with Crippen LogP contribution in [0.1, 0.15) is 6.92 Å². The van der Waals surface area contributed by atoms with Crippen molar-refractivity contribution in [2.45, 2.75) is 13.0 Å². The van der Waals surface area contributed by atoms with Crippen LogP contribution in [0.5, 0.6) is 0 Å². The monoisotopic (exact) mass is 129 g/mol. The molecule has 0 N–H and O–H groups in total. The van der Waals surface area contributed by atoms with Crippen molar-refractivity contribution in [3.8, 4) is 0 Å². The zero-order valence-electron chi connectivity index (χ0n) is 5.80. The van der Waals surface area contributed by atoms with Gasteiger partial charge in [0.2, 0.25) is 0 Å². The molecule has 0 aliphatic carbocycles. The van der Waals surface area contributed by atoms with Crippen LogP contribution in [-0.2, 0) is 9.47 Å². The van der Waals surface area contributed by atoms with E-state index in [0.717, 1.165) is 0 Å². The van der Waals surface area contributed by atoms with Gasteiger partial charge in [-0.05, 0) is 13.8 Å². The molecule has 1 radical (unpaired) electrons. The zero-order valence-corrected chi connectivity index (χ0v) is 5.80. The maximum absolute atomic E-state index is 5.06. The second-order valence-corrected chi connectivity index (χ2v) is 1.68. The quantitative estimate of drug-likeness (QED) is 0.522. The molecule has 0 spiro atoms. The highest BCUT2D eigenvalue weighted by Crippen LogP contribution is 1.90. The second-order valence-electron chi connectivity index (χ2n) is 1.68. The highest BCUT2D eigenvalue weighted by Gasteiger charge is 1.97. The minimum absolute atomic E-state index is 0.112. The van der Waals surface area contributed by atoms with Gasteiger partial charge in [-0.1, -0.05) is 6.58 Å². The first kappa shape index (κ1) is 8.50. The number of hydrogen-bond donors (Lipinski definition) is 0. The van der Waals surface area contributed by atoms with Gasteiger partial charge >= 0.3 is 0 Å². The normalized spacial score (nSPS) is 12.7. The zero-order chi connectivity index (χ0) is 7.11. The maximum Gasteiger partial charge on any atom is 0.113 e. The summed E-state index contributed by atoms with van der Waals surface area (Å²) in [5, 5.41) is 0. The Morgan fingerprint density at radius 2 is 2.33 bits per heavy atom. The molecule has 0 amide bonds. The lowest BCUT2D eigenvalue weighted by Gasteiger charge is -2.09. The Hall–Kier alpha value is -0.500. The van der Waals surface area contributed by atoms with Crippen molar-refractivity contribution >= 4 is 0 Å². The van der Waals surface area contributed by atoms with Gasteiger partial charge in [0.25, 0.3) is 0 Å². The largest absolute Gasteiger partial charge is 0.499 e. The first-order valence-corrected chi connectivity index (χ1v) is 2.94. The minimum Gasteiger partial charge on any atom is -0.499 e. The summed E-state index contributed by atoms with van der Waals surface area (Å²) in [4.78, 5) is 0. The molecule has 0 aromatic carbocycles. The van der Waals surface area contributed by atoms with Crippen molar-refractivity contribution in [2.24, 2.45) is 0 Å². The van der Waals surface area contributed by atoms with E-state index in [9.17, 15) is 0 Å². The Kier molecular flexibility index (Phi) is 5.32. The van der Waals surface area contributed by atoms with Gasteiger partial charge < -0.3 is 9.47 Å². The highest BCUT2D eigenvalue weighted by molar-refractivity contribution is 4.53. The second kappa shape index (κ2) is 5.63. The van der Waals surface area contributed by atoms with E-state index in [1.165, 1.54) is 6.26 Å². The molecule has 0 aromatic heterocycles. The van der Waals surface area contributed by atoms with Crippen LogP contribution >= 0.6 is 0 Å². The SMILES string of the molecule is [CH2]COC(C)COC=C. The standard InChI is InChI=1S/C7H13O2/c1-4-8-6-7(3)9-5-2/h4,7H,1-2,5-6H2,3H3. The van der Waals surface area contributed by atoms with Crippen LogP contribution in [0.2, 0.25) is 0 Å². The Morgan fingerprint density at radius 3 is 2.78 bits per heavy atom. The van der Waals surface area contributed by atoms with E-state index in [-0.39, 0.29) is 6.10 Å². The van der Waals surface area contributed by atoms with Crippen molar-refractivity contribution in [3.05, 3.63) is 19.8 Å². The van der Waals surface area contributed by atoms with Crippen molar-refractivity contribution in [2.75, 3.05) is 13.2 Å². The molecule has 0 aliphatic heterocycles. The fourth-order valence-corrected chi connectivity index (χ4v) is 0.453. The molecule has 0 saturated heterocycles. The molecule has 2 nitrogen and oxygen atoms in total. The lowest BCUT2D eigenvalue weighted by molar-refractivity contribution is 0.0344. The van der Waals surface area contributed by atoms with E-state index < -0.39 is 0 Å². The maximum atomic E-state index is 5.06. The van der Waals surface area contributed by atoms with Crippen LogP contribution < -0.4 is 0 Å². The molecule has 0 aromatic rings. The third-order valence-corrected chi connectivity index (χ3v) is 0.851. The number of ether oxygens (including phenoxy) is 2. The summed E-state index contributed by atoms with van der Waals surface area (Å²) < 4.78 is 9.92. The van der Waals surface area contributed by atoms with Crippen molar-refractivity contribution < 1.29 is 9.47 Å². The average Bonchev–Trinajstić information content (AvgIpc) is 1.85. The average molecular weight is 129 g/mol. The van der Waals surface area contributed by atoms with Crippen molar-refractivity contribution in [1.82, 2.24) is 0 Å². The molecular weight excluding hydrogens is 116 g/mol. The summed E-state index contributed by atoms with van der Waals surface area (Å²) in [5.41, 5.74) is 0. The van der Waals surface area contributed by atoms with Crippen LogP contribution in [0.15, 0.2) is 12.8 Å². The Balaban J connectivity index is 3.04. The molecule has 1 unspecified atom stereocenters. The molecule has 0 aliphatic rings. The smallest absolute Gasteiger partial charge is 0.113 e. The molecule has 0 heterocycles. The Bertz CT molecular complexity index is 71.3. The van der Waals surface area contributed by atoms with Crippen molar-refractivity contribution in [3.63, 3.8) is 0 Å². The number of rotatable bonds is 5. The Labute approximate surface area is 56.5 Å². The first-order valence-electron chi connectivity index (χ1n) is 2.94. The molecule has 1 atom stereocenters. The third-order valence-electron chi connectivity index (χ3n) is 0.851. The summed E-state index contributed by atoms with van der Waals surface area (Å²) in [6, 6.07) is 0. The number of hydrogen-bond acceptors (Lipinski definition) is 2. The third kappa shape index (κ3) is 5.37. The first-order chi connectivity index (χ1) is 4.31. The van der Waals surface area contributed by atoms with Gasteiger partial charge in [0.15, 0.2) is 0 Å². The summed E-state index contributed by atoms with van der Waals surface area (Å²) >= 11 is 0. The fraction of sp³-hybridized carbons (Fsp3) is 0.571. The van der Waals surface area contributed by atoms with Gasteiger partial charge in [-0.25, -0.2) is 0 Å². The van der Waals surface area contributed by atoms with Crippen LogP contribution in [0.4, 0.5) is 0 Å². The van der Waals surface area contributed by atoms with E-state index in [0.29, 0.717) is 13.2 Å². The molecule has 0 rings (SSSR count). The molecule has 2 heteroatoms. The van der Waals surface area contributed by atoms with Crippen LogP contribution in [0.3, 0.4) is 0 Å². The predicted octanol–water partition coefficient (Wildman–Crippen LogP) is 1.39. The molecule has 0 fully saturated rings. The Morgan fingerprint density at radius 1 is 1.67 bits per heavy atom. The van der Waals surface area contributed by atoms with E-state index in [1.807, 2.05) is 6.92 Å². The minimum atomic E-state index is 0.112. The lowest BCUT2D eigenvalue weighted by atomic mass is 10.4. The van der Waals surface area contributed by atoms with Gasteiger partial charge in [0.1, 0.15) is 6.61 Å². The van der Waals surface area contributed by atoms with E-state index in [1.54, 1.807) is 0 Å². The fourth-order valence-electron chi connectivity index (χ4n) is 0.453. The molecule has 0 saturated carbocycles. The van der Waals surface area contributed by atoms with Crippen LogP contribution in [-0.4, -0.2) is 19.3 Å². The van der Waals surface area contributed by atoms with Crippen LogP contribution in [0, 0.1) is 6.92 Å². The summed E-state index contributed by atoms with van der Waals surface area (Å²) in [7, 11) is 0. The van der Waals surface area contributed by atoms with E-state index in [2.05, 4.69) is 13.5 Å². The predicted molar refractivity (Wildman–Crippen MR) is 36.9 cm³/mol. The van der Waals surface area contributed by atoms with Gasteiger partial charge in [-0.3, -0.25) is 0 Å². The topological polar surface area (TPSA) is 18.5 Å². The summed E-state index contributed by atoms with van der Waals surface area (Å²) in [5.74, 6) is 0. The lowest BCUT2D eigenvalue weighted by Crippen LogP contribution is -2.13. The van der Waals surface area contributed by atoms with Crippen molar-refractivity contribution in [1.29, 1.82) is 0 Å². The summed E-state index contributed by atoms with van der Waals surface area (Å²) in [6.07, 6.45) is 1.52. The molecule has 53 valence electrons. The summed E-state index contributed by atoms with van der Waals surface area (Å²) in [6.45, 7) is 9.90. The van der Waals surface area contributed by atoms with Gasteiger partial charge in [0.05, 0.1) is 12.4 Å².